The number of nitrogens with one attached hydrogen (secondary N) is 1. The third-order valence-electron chi connectivity index (χ3n) is 10.5. The van der Waals surface area contributed by atoms with E-state index in [0.717, 1.165) is 23.8 Å². The first-order valence-corrected chi connectivity index (χ1v) is 17.8. The number of anilines is 1. The molecule has 2 N–H and O–H groups in total. The van der Waals surface area contributed by atoms with Gasteiger partial charge in [0.2, 0.25) is 11.7 Å². The number of aromatic nitrogens is 5. The van der Waals surface area contributed by atoms with Crippen LogP contribution < -0.4 is 10.9 Å². The van der Waals surface area contributed by atoms with E-state index in [-0.39, 0.29) is 65.0 Å². The molecule has 1 saturated heterocycles. The van der Waals surface area contributed by atoms with Crippen molar-refractivity contribution >= 4 is 46.5 Å². The van der Waals surface area contributed by atoms with E-state index in [4.69, 9.17) is 16.6 Å². The summed E-state index contributed by atoms with van der Waals surface area (Å²) in [7, 11) is 3.34. The van der Waals surface area contributed by atoms with Crippen molar-refractivity contribution in [3.8, 4) is 5.75 Å². The van der Waals surface area contributed by atoms with Gasteiger partial charge in [0, 0.05) is 63.1 Å². The number of halogens is 4. The average Bonchev–Trinajstić information content (AvgIpc) is 3.60. The lowest BCUT2D eigenvalue weighted by Gasteiger charge is -2.45. The van der Waals surface area contributed by atoms with Crippen LogP contribution >= 0.6 is 11.6 Å². The summed E-state index contributed by atoms with van der Waals surface area (Å²) < 4.78 is 42.7. The minimum atomic E-state index is -4.62. The molecule has 1 aliphatic carbocycles. The first-order valence-electron chi connectivity index (χ1n) is 17.5. The van der Waals surface area contributed by atoms with E-state index in [0.29, 0.717) is 62.9 Å². The van der Waals surface area contributed by atoms with Crippen LogP contribution in [0.25, 0.3) is 11.4 Å². The molecule has 7 rings (SSSR count). The van der Waals surface area contributed by atoms with Gasteiger partial charge in [0.1, 0.15) is 12.3 Å². The van der Waals surface area contributed by atoms with Crippen LogP contribution in [0.3, 0.4) is 0 Å². The maximum absolute atomic E-state index is 14.6. The fourth-order valence-corrected chi connectivity index (χ4v) is 7.95. The van der Waals surface area contributed by atoms with Gasteiger partial charge in [0.05, 0.1) is 16.3 Å². The number of nitrogens with zero attached hydrogens (tertiary/aromatic N) is 8. The number of rotatable bonds is 5. The number of aromatic hydroxyl groups is 1. The van der Waals surface area contributed by atoms with Gasteiger partial charge in [-0.25, -0.2) is 9.78 Å². The van der Waals surface area contributed by atoms with E-state index in [2.05, 4.69) is 15.4 Å². The summed E-state index contributed by atoms with van der Waals surface area (Å²) in [4.78, 5) is 67.7. The largest absolute Gasteiger partial charge is 0.505 e. The minimum Gasteiger partial charge on any atom is -0.505 e. The Morgan fingerprint density at radius 1 is 1.06 bits per heavy atom. The van der Waals surface area contributed by atoms with Gasteiger partial charge in [-0.05, 0) is 74.4 Å². The smallest absolute Gasteiger partial charge is 0.416 e. The first-order chi connectivity index (χ1) is 25.7. The molecular formula is C36H37ClF3N9O5. The molecule has 0 atom stereocenters. The Morgan fingerprint density at radius 2 is 1.81 bits per heavy atom. The number of carbonyl (C=O) groups excluding carboxylic acids is 3. The highest BCUT2D eigenvalue weighted by Gasteiger charge is 2.45. The molecule has 4 aromatic rings. The maximum atomic E-state index is 14.6. The Bertz CT molecular complexity index is 2260. The van der Waals surface area contributed by atoms with Crippen molar-refractivity contribution in [2.45, 2.75) is 56.7 Å². The zero-order chi connectivity index (χ0) is 38.5. The van der Waals surface area contributed by atoms with Gasteiger partial charge in [-0.1, -0.05) is 17.7 Å². The fourth-order valence-electron chi connectivity index (χ4n) is 7.72. The van der Waals surface area contributed by atoms with E-state index in [1.165, 1.54) is 27.7 Å². The molecule has 0 unspecified atom stereocenters. The number of urea groups is 1. The molecule has 2 aliphatic heterocycles. The molecule has 0 radical (unpaired) electrons. The van der Waals surface area contributed by atoms with Gasteiger partial charge in [0.25, 0.3) is 11.5 Å². The number of hydrogen-bond acceptors (Lipinski definition) is 8. The first kappa shape index (κ1) is 36.9. The van der Waals surface area contributed by atoms with Crippen LogP contribution in [0.5, 0.6) is 5.75 Å². The van der Waals surface area contributed by atoms with Crippen molar-refractivity contribution in [2.24, 2.45) is 0 Å². The Labute approximate surface area is 311 Å². The number of alkyl halides is 3. The molecule has 284 valence electrons. The Hall–Kier alpha value is -5.45. The molecule has 18 heteroatoms. The van der Waals surface area contributed by atoms with E-state index in [1.807, 2.05) is 6.08 Å². The number of amides is 4. The van der Waals surface area contributed by atoms with E-state index in [1.54, 1.807) is 28.5 Å². The second-order valence-corrected chi connectivity index (χ2v) is 14.4. The molecule has 4 amide bonds. The molecular weight excluding hydrogens is 731 g/mol. The lowest BCUT2D eigenvalue weighted by molar-refractivity contribution is -0.137. The number of benzene rings is 1. The summed E-state index contributed by atoms with van der Waals surface area (Å²) in [6.07, 6.45) is 1.68. The van der Waals surface area contributed by atoms with Gasteiger partial charge in [-0.15, -0.1) is 5.10 Å². The highest BCUT2D eigenvalue weighted by atomic mass is 35.5. The summed E-state index contributed by atoms with van der Waals surface area (Å²) >= 11 is 6.16. The molecule has 5 heterocycles. The second kappa shape index (κ2) is 14.1. The average molecular weight is 768 g/mol. The third-order valence-corrected chi connectivity index (χ3v) is 10.8. The van der Waals surface area contributed by atoms with Gasteiger partial charge >= 0.3 is 12.2 Å². The third kappa shape index (κ3) is 6.76. The van der Waals surface area contributed by atoms with Crippen molar-refractivity contribution in [3.63, 3.8) is 0 Å². The lowest BCUT2D eigenvalue weighted by Crippen LogP contribution is -2.50. The number of hydrogen-bond donors (Lipinski definition) is 2. The molecule has 1 spiro atoms. The van der Waals surface area contributed by atoms with Gasteiger partial charge in [0.15, 0.2) is 11.5 Å². The standard InChI is InChI=1S/C36H37ClF3N9O5/c1-45(2)34(54)47-15-9-21(10-16-47)30-43-33-48(20-27(51)42-24-8-7-22(19-23(24)37)36(38,39)40)25-5-3-11-35(28(25)31(52)49(33)44-30)12-17-46(18-13-35)32(53)29-26(50)6-4-14-41-29/h4,6-9,14,19,50H,3,5,10-13,15-18,20H2,1-2H3,(H,42,51). The molecule has 14 nitrogen and oxygen atoms in total. The number of piperidine rings is 1. The zero-order valence-electron chi connectivity index (χ0n) is 29.5. The molecule has 1 aromatic carbocycles. The van der Waals surface area contributed by atoms with Crippen LogP contribution in [0, 0.1) is 0 Å². The summed E-state index contributed by atoms with van der Waals surface area (Å²) in [5.41, 5.74) is -0.282. The van der Waals surface area contributed by atoms with Gasteiger partial charge < -0.3 is 29.7 Å². The summed E-state index contributed by atoms with van der Waals surface area (Å²) in [6, 6.07) is 5.43. The van der Waals surface area contributed by atoms with Crippen molar-refractivity contribution in [2.75, 3.05) is 45.6 Å². The van der Waals surface area contributed by atoms with Crippen molar-refractivity contribution in [3.05, 3.63) is 86.3 Å². The summed E-state index contributed by atoms with van der Waals surface area (Å²) in [5.74, 6) is -0.864. The molecule has 54 heavy (non-hydrogen) atoms. The van der Waals surface area contributed by atoms with Crippen molar-refractivity contribution in [1.29, 1.82) is 0 Å². The quantitative estimate of drug-likeness (QED) is 0.299. The molecule has 3 aliphatic rings. The molecule has 3 aromatic heterocycles. The number of fused-ring (bicyclic) bond motifs is 3. The summed E-state index contributed by atoms with van der Waals surface area (Å²) in [6.45, 7) is 0.940. The second-order valence-electron chi connectivity index (χ2n) is 14.0. The SMILES string of the molecule is CN(C)C(=O)N1CC=C(c2nc3n(CC(=O)Nc4ccc(C(F)(F)F)cc4Cl)c4c(c(=O)n3n2)C2(CCC4)CCN(C(=O)c3ncccc3O)CC2)CC1. The molecule has 0 bridgehead atoms. The van der Waals surface area contributed by atoms with Crippen LogP contribution in [0.4, 0.5) is 23.7 Å². The molecule has 1 fully saturated rings. The van der Waals surface area contributed by atoms with Crippen LogP contribution in [-0.2, 0) is 29.4 Å². The predicted octanol–water partition coefficient (Wildman–Crippen LogP) is 4.58. The zero-order valence-corrected chi connectivity index (χ0v) is 30.2. The minimum absolute atomic E-state index is 0.0144. The Balaban J connectivity index is 1.26. The summed E-state index contributed by atoms with van der Waals surface area (Å²) in [5, 5.41) is 17.2. The number of likely N-dealkylation sites (tertiary alicyclic amines) is 1. The van der Waals surface area contributed by atoms with Crippen LogP contribution in [0.15, 0.2) is 47.4 Å². The predicted molar refractivity (Wildman–Crippen MR) is 191 cm³/mol. The van der Waals surface area contributed by atoms with Gasteiger partial charge in [-0.2, -0.15) is 22.7 Å². The highest BCUT2D eigenvalue weighted by molar-refractivity contribution is 6.33. The van der Waals surface area contributed by atoms with E-state index in [9.17, 15) is 37.5 Å². The Kier molecular flexibility index (Phi) is 9.62. The van der Waals surface area contributed by atoms with Crippen LogP contribution in [0.2, 0.25) is 5.02 Å². The lowest BCUT2D eigenvalue weighted by atomic mass is 9.66. The fraction of sp³-hybridized carbons (Fsp3) is 0.417. The van der Waals surface area contributed by atoms with Gasteiger partial charge in [-0.3, -0.25) is 14.4 Å². The molecule has 0 saturated carbocycles. The Morgan fingerprint density at radius 3 is 2.46 bits per heavy atom. The maximum Gasteiger partial charge on any atom is 0.416 e. The van der Waals surface area contributed by atoms with E-state index < -0.39 is 29.0 Å². The van der Waals surface area contributed by atoms with Crippen molar-refractivity contribution < 1.29 is 32.7 Å². The highest BCUT2D eigenvalue weighted by Crippen LogP contribution is 2.44. The van der Waals surface area contributed by atoms with E-state index >= 15 is 0 Å². The van der Waals surface area contributed by atoms with Crippen molar-refractivity contribution in [1.82, 2.24) is 38.8 Å². The monoisotopic (exact) mass is 767 g/mol. The number of pyridine rings is 1. The number of carbonyl (C=O) groups is 3. The van der Waals surface area contributed by atoms with Crippen LogP contribution in [-0.4, -0.2) is 102 Å². The topological polar surface area (TPSA) is 158 Å². The van der Waals surface area contributed by atoms with Crippen LogP contribution in [0.1, 0.15) is 65.2 Å². The normalized spacial score (nSPS) is 17.0.